The highest BCUT2D eigenvalue weighted by Gasteiger charge is 2.51. The van der Waals surface area contributed by atoms with Gasteiger partial charge in [-0.1, -0.05) is 19.1 Å². The smallest absolute Gasteiger partial charge is 0.483 e. The molecule has 9 heteroatoms. The molecule has 0 unspecified atom stereocenters. The van der Waals surface area contributed by atoms with Crippen molar-refractivity contribution in [3.63, 3.8) is 0 Å². The topological polar surface area (TPSA) is 81.9 Å². The van der Waals surface area contributed by atoms with E-state index in [-0.39, 0.29) is 22.7 Å². The lowest BCUT2D eigenvalue weighted by atomic mass is 10.1. The van der Waals surface area contributed by atoms with E-state index in [0.29, 0.717) is 23.3 Å². The standard InChI is InChI=1S/C20H16F2N2O5/c1-3-11-5-4-6-15-17(11)29-20(21,22)19(26)24(15)10-14-18(25)28-16-9-12(27-2)7-8-13(16)23-14/h4-9H,3,10H2,1-2H3. The number of carbonyl (C=O) groups excluding carboxylic acids is 1. The van der Waals surface area contributed by atoms with Gasteiger partial charge in [0.25, 0.3) is 0 Å². The van der Waals surface area contributed by atoms with Gasteiger partial charge in [-0.05, 0) is 30.2 Å². The number of hydrogen-bond acceptors (Lipinski definition) is 6. The van der Waals surface area contributed by atoms with Crippen LogP contribution in [-0.2, 0) is 17.8 Å². The summed E-state index contributed by atoms with van der Waals surface area (Å²) in [4.78, 5) is 29.7. The number of anilines is 1. The number of alkyl halides is 2. The predicted molar refractivity (Wildman–Crippen MR) is 99.4 cm³/mol. The van der Waals surface area contributed by atoms with Crippen molar-refractivity contribution < 1.29 is 27.5 Å². The summed E-state index contributed by atoms with van der Waals surface area (Å²) in [6.07, 6.45) is -3.62. The lowest BCUT2D eigenvalue weighted by Gasteiger charge is -2.34. The number of benzene rings is 2. The third-order valence-electron chi connectivity index (χ3n) is 4.64. The van der Waals surface area contributed by atoms with E-state index in [1.54, 1.807) is 31.2 Å². The number of fused-ring (bicyclic) bond motifs is 2. The summed E-state index contributed by atoms with van der Waals surface area (Å²) >= 11 is 0. The SMILES string of the molecule is CCc1cccc2c1OC(F)(F)C(=O)N2Cc1nc2ccc(OC)cc2oc1=O. The number of hydrogen-bond donors (Lipinski definition) is 0. The summed E-state index contributed by atoms with van der Waals surface area (Å²) in [7, 11) is 1.47. The van der Waals surface area contributed by atoms with Gasteiger partial charge in [-0.15, -0.1) is 0 Å². The van der Waals surface area contributed by atoms with E-state index in [9.17, 15) is 18.4 Å². The van der Waals surface area contributed by atoms with Gasteiger partial charge in [-0.25, -0.2) is 9.78 Å². The van der Waals surface area contributed by atoms with Crippen LogP contribution in [-0.4, -0.2) is 24.1 Å². The maximum Gasteiger partial charge on any atom is 0.483 e. The van der Waals surface area contributed by atoms with Crippen LogP contribution in [0.15, 0.2) is 45.6 Å². The molecule has 1 aromatic heterocycles. The largest absolute Gasteiger partial charge is 0.497 e. The number of halogens is 2. The Balaban J connectivity index is 1.80. The molecule has 4 rings (SSSR count). The fourth-order valence-corrected chi connectivity index (χ4v) is 3.17. The summed E-state index contributed by atoms with van der Waals surface area (Å²) < 4.78 is 43.5. The van der Waals surface area contributed by atoms with Crippen LogP contribution in [0.5, 0.6) is 11.5 Å². The molecule has 1 aliphatic heterocycles. The number of carbonyl (C=O) groups is 1. The van der Waals surface area contributed by atoms with Crippen LogP contribution < -0.4 is 20.0 Å². The van der Waals surface area contributed by atoms with Gasteiger partial charge in [0.05, 0.1) is 19.3 Å². The second-order valence-electron chi connectivity index (χ2n) is 6.41. The first kappa shape index (κ1) is 18.9. The van der Waals surface area contributed by atoms with Gasteiger partial charge in [0.1, 0.15) is 17.0 Å². The Bertz CT molecular complexity index is 1180. The molecule has 2 heterocycles. The van der Waals surface area contributed by atoms with E-state index in [1.165, 1.54) is 19.2 Å². The van der Waals surface area contributed by atoms with Crippen LogP contribution >= 0.6 is 0 Å². The number of methoxy groups -OCH3 is 1. The summed E-state index contributed by atoms with van der Waals surface area (Å²) in [5.74, 6) is -1.19. The molecule has 1 aliphatic rings. The number of aryl methyl sites for hydroxylation is 1. The van der Waals surface area contributed by atoms with Crippen molar-refractivity contribution in [2.45, 2.75) is 26.0 Å². The maximum atomic E-state index is 14.2. The van der Waals surface area contributed by atoms with Gasteiger partial charge < -0.3 is 13.9 Å². The number of amides is 1. The van der Waals surface area contributed by atoms with Gasteiger partial charge >= 0.3 is 17.6 Å². The third kappa shape index (κ3) is 3.18. The number of ether oxygens (including phenoxy) is 2. The molecule has 0 N–H and O–H groups in total. The lowest BCUT2D eigenvalue weighted by molar-refractivity contribution is -0.193. The van der Waals surface area contributed by atoms with Gasteiger partial charge in [0.2, 0.25) is 0 Å². The van der Waals surface area contributed by atoms with E-state index < -0.39 is 24.2 Å². The van der Waals surface area contributed by atoms with Gasteiger partial charge in [0.15, 0.2) is 11.3 Å². The van der Waals surface area contributed by atoms with Crippen LogP contribution in [0.3, 0.4) is 0 Å². The Kier molecular flexibility index (Phi) is 4.45. The molecule has 0 aliphatic carbocycles. The zero-order chi connectivity index (χ0) is 20.8. The Labute approximate surface area is 163 Å². The number of rotatable bonds is 4. The molecule has 29 heavy (non-hydrogen) atoms. The van der Waals surface area contributed by atoms with Crippen molar-refractivity contribution in [2.24, 2.45) is 0 Å². The van der Waals surface area contributed by atoms with Gasteiger partial charge in [0, 0.05) is 6.07 Å². The highest BCUT2D eigenvalue weighted by molar-refractivity contribution is 6.01. The summed E-state index contributed by atoms with van der Waals surface area (Å²) in [6, 6.07) is 9.43. The average molecular weight is 402 g/mol. The Morgan fingerprint density at radius 3 is 2.72 bits per heavy atom. The number of nitrogens with zero attached hydrogens (tertiary/aromatic N) is 2. The minimum Gasteiger partial charge on any atom is -0.497 e. The molecule has 0 radical (unpaired) electrons. The minimum absolute atomic E-state index is 0.0884. The molecule has 0 spiro atoms. The lowest BCUT2D eigenvalue weighted by Crippen LogP contribution is -2.51. The number of para-hydroxylation sites is 1. The van der Waals surface area contributed by atoms with Crippen molar-refractivity contribution in [3.8, 4) is 11.5 Å². The van der Waals surface area contributed by atoms with Crippen LogP contribution in [0.25, 0.3) is 11.1 Å². The second kappa shape index (κ2) is 6.84. The molecule has 2 aromatic carbocycles. The van der Waals surface area contributed by atoms with E-state index in [1.807, 2.05) is 0 Å². The fourth-order valence-electron chi connectivity index (χ4n) is 3.17. The van der Waals surface area contributed by atoms with E-state index in [0.717, 1.165) is 4.90 Å². The number of aromatic nitrogens is 1. The van der Waals surface area contributed by atoms with E-state index >= 15 is 0 Å². The zero-order valence-corrected chi connectivity index (χ0v) is 15.6. The molecular formula is C20H16F2N2O5. The van der Waals surface area contributed by atoms with E-state index in [4.69, 9.17) is 9.15 Å². The summed E-state index contributed by atoms with van der Waals surface area (Å²) in [6.45, 7) is 1.30. The normalized spacial score (nSPS) is 15.2. The second-order valence-corrected chi connectivity index (χ2v) is 6.41. The minimum atomic E-state index is -4.05. The van der Waals surface area contributed by atoms with Crippen LogP contribution in [0.2, 0.25) is 0 Å². The summed E-state index contributed by atoms with van der Waals surface area (Å²) in [5.41, 5.74) is 0.172. The third-order valence-corrected chi connectivity index (χ3v) is 4.64. The molecule has 0 fully saturated rings. The molecule has 0 atom stereocenters. The fraction of sp³-hybridized carbons (Fsp3) is 0.250. The highest BCUT2D eigenvalue weighted by atomic mass is 19.3. The summed E-state index contributed by atoms with van der Waals surface area (Å²) in [5, 5.41) is 0. The molecule has 7 nitrogen and oxygen atoms in total. The van der Waals surface area contributed by atoms with Crippen LogP contribution in [0.1, 0.15) is 18.2 Å². The van der Waals surface area contributed by atoms with Crippen molar-refractivity contribution in [1.82, 2.24) is 4.98 Å². The maximum absolute atomic E-state index is 14.2. The molecule has 150 valence electrons. The highest BCUT2D eigenvalue weighted by Crippen LogP contribution is 2.42. The molecule has 0 saturated carbocycles. The predicted octanol–water partition coefficient (Wildman–Crippen LogP) is 3.28. The van der Waals surface area contributed by atoms with Crippen molar-refractivity contribution >= 4 is 22.7 Å². The van der Waals surface area contributed by atoms with Gasteiger partial charge in [-0.2, -0.15) is 8.78 Å². The molecular weight excluding hydrogens is 386 g/mol. The zero-order valence-electron chi connectivity index (χ0n) is 15.6. The van der Waals surface area contributed by atoms with Crippen molar-refractivity contribution in [3.05, 3.63) is 58.1 Å². The Hall–Kier alpha value is -3.49. The van der Waals surface area contributed by atoms with E-state index in [2.05, 4.69) is 9.72 Å². The van der Waals surface area contributed by atoms with Crippen LogP contribution in [0.4, 0.5) is 14.5 Å². The molecule has 1 amide bonds. The molecule has 0 bridgehead atoms. The first-order valence-corrected chi connectivity index (χ1v) is 8.82. The average Bonchev–Trinajstić information content (AvgIpc) is 2.70. The van der Waals surface area contributed by atoms with Crippen molar-refractivity contribution in [2.75, 3.05) is 12.0 Å². The first-order chi connectivity index (χ1) is 13.8. The molecule has 3 aromatic rings. The van der Waals surface area contributed by atoms with Crippen LogP contribution in [0, 0.1) is 0 Å². The quantitative estimate of drug-likeness (QED) is 0.666. The first-order valence-electron chi connectivity index (χ1n) is 8.82. The molecule has 0 saturated heterocycles. The monoisotopic (exact) mass is 402 g/mol. The van der Waals surface area contributed by atoms with Crippen molar-refractivity contribution in [1.29, 1.82) is 0 Å². The Morgan fingerprint density at radius 1 is 1.21 bits per heavy atom. The van der Waals surface area contributed by atoms with Gasteiger partial charge in [-0.3, -0.25) is 9.69 Å². The Morgan fingerprint density at radius 2 is 2.00 bits per heavy atom.